The molecule has 7 nitrogen and oxygen atoms in total. The summed E-state index contributed by atoms with van der Waals surface area (Å²) in [6.07, 6.45) is 4.70. The number of aliphatic imine (C=N–C) groups is 1. The summed E-state index contributed by atoms with van der Waals surface area (Å²) in [5.74, 6) is 0.861. The molecule has 0 bridgehead atoms. The Labute approximate surface area is 213 Å². The van der Waals surface area contributed by atoms with E-state index in [2.05, 4.69) is 22.2 Å². The number of para-hydroxylation sites is 1. The van der Waals surface area contributed by atoms with Gasteiger partial charge in [-0.1, -0.05) is 30.3 Å². The van der Waals surface area contributed by atoms with Gasteiger partial charge in [0.05, 0.1) is 11.9 Å². The van der Waals surface area contributed by atoms with Crippen LogP contribution in [0.3, 0.4) is 0 Å². The number of rotatable bonds is 8. The van der Waals surface area contributed by atoms with Gasteiger partial charge in [-0.15, -0.1) is 24.0 Å². The monoisotopic (exact) mass is 560 g/mol. The first-order valence-corrected chi connectivity index (χ1v) is 10.9. The molecule has 8 heteroatoms. The van der Waals surface area contributed by atoms with E-state index in [1.165, 1.54) is 0 Å². The van der Waals surface area contributed by atoms with Crippen LogP contribution in [0.2, 0.25) is 0 Å². The molecule has 0 atom stereocenters. The summed E-state index contributed by atoms with van der Waals surface area (Å²) in [7, 11) is 5.56. The first-order valence-electron chi connectivity index (χ1n) is 10.9. The van der Waals surface area contributed by atoms with E-state index >= 15 is 0 Å². The van der Waals surface area contributed by atoms with Crippen molar-refractivity contribution in [2.75, 3.05) is 34.2 Å². The van der Waals surface area contributed by atoms with E-state index in [9.17, 15) is 4.79 Å². The Bertz CT molecular complexity index is 1050. The van der Waals surface area contributed by atoms with Crippen molar-refractivity contribution in [2.24, 2.45) is 4.99 Å². The predicted octanol–water partition coefficient (Wildman–Crippen LogP) is 3.83. The molecule has 1 heterocycles. The van der Waals surface area contributed by atoms with Crippen molar-refractivity contribution in [2.45, 2.75) is 19.9 Å². The number of carbonyl (C=O) groups excluding carboxylic acids is 1. The highest BCUT2D eigenvalue weighted by Crippen LogP contribution is 2.10. The molecule has 1 amide bonds. The highest BCUT2D eigenvalue weighted by atomic mass is 127. The maximum Gasteiger partial charge on any atom is 0.253 e. The van der Waals surface area contributed by atoms with Crippen molar-refractivity contribution in [3.63, 3.8) is 0 Å². The third-order valence-corrected chi connectivity index (χ3v) is 5.02. The van der Waals surface area contributed by atoms with Gasteiger partial charge in [0.2, 0.25) is 0 Å². The summed E-state index contributed by atoms with van der Waals surface area (Å²) in [6.45, 7) is 4.19. The fraction of sp³-hybridized carbons (Fsp3) is 0.320. The zero-order valence-corrected chi connectivity index (χ0v) is 22.1. The first kappa shape index (κ1) is 26.4. The van der Waals surface area contributed by atoms with E-state index in [-0.39, 0.29) is 29.9 Å². The van der Waals surface area contributed by atoms with Gasteiger partial charge in [0, 0.05) is 58.1 Å². The maximum absolute atomic E-state index is 12.2. The molecule has 1 aromatic heterocycles. The normalized spacial score (nSPS) is 11.0. The van der Waals surface area contributed by atoms with Gasteiger partial charge in [0.25, 0.3) is 5.91 Å². The van der Waals surface area contributed by atoms with Gasteiger partial charge in [-0.05, 0) is 43.2 Å². The molecule has 3 rings (SSSR count). The molecule has 0 aliphatic carbocycles. The van der Waals surface area contributed by atoms with Crippen LogP contribution in [0.5, 0.6) is 0 Å². The molecule has 0 aliphatic rings. The van der Waals surface area contributed by atoms with Gasteiger partial charge in [-0.2, -0.15) is 5.10 Å². The van der Waals surface area contributed by atoms with Crippen molar-refractivity contribution < 1.29 is 4.79 Å². The van der Waals surface area contributed by atoms with E-state index in [1.807, 2.05) is 78.7 Å². The van der Waals surface area contributed by atoms with E-state index in [4.69, 9.17) is 4.99 Å². The second kappa shape index (κ2) is 13.0. The maximum atomic E-state index is 12.2. The van der Waals surface area contributed by atoms with Gasteiger partial charge < -0.3 is 15.1 Å². The largest absolute Gasteiger partial charge is 0.357 e. The molecular formula is C25H33IN6O. The van der Waals surface area contributed by atoms with Crippen LogP contribution in [0.15, 0.2) is 72.0 Å². The van der Waals surface area contributed by atoms with Crippen LogP contribution >= 0.6 is 24.0 Å². The highest BCUT2D eigenvalue weighted by molar-refractivity contribution is 14.0. The van der Waals surface area contributed by atoms with E-state index < -0.39 is 0 Å². The number of guanidine groups is 1. The lowest BCUT2D eigenvalue weighted by Crippen LogP contribution is -2.38. The van der Waals surface area contributed by atoms with Crippen LogP contribution < -0.4 is 5.32 Å². The van der Waals surface area contributed by atoms with Crippen LogP contribution in [0, 0.1) is 0 Å². The van der Waals surface area contributed by atoms with Crippen LogP contribution in [0.4, 0.5) is 0 Å². The van der Waals surface area contributed by atoms with Crippen LogP contribution in [-0.4, -0.2) is 65.7 Å². The average molecular weight is 560 g/mol. The average Bonchev–Trinajstić information content (AvgIpc) is 3.27. The Morgan fingerprint density at radius 3 is 2.52 bits per heavy atom. The number of hydrogen-bond acceptors (Lipinski definition) is 3. The third kappa shape index (κ3) is 7.59. The predicted molar refractivity (Wildman–Crippen MR) is 145 cm³/mol. The molecule has 33 heavy (non-hydrogen) atoms. The van der Waals surface area contributed by atoms with Crippen LogP contribution in [0.25, 0.3) is 5.69 Å². The molecule has 176 valence electrons. The summed E-state index contributed by atoms with van der Waals surface area (Å²) in [4.78, 5) is 20.7. The third-order valence-electron chi connectivity index (χ3n) is 5.02. The Kier molecular flexibility index (Phi) is 10.4. The minimum atomic E-state index is 0. The van der Waals surface area contributed by atoms with Crippen molar-refractivity contribution in [1.82, 2.24) is 24.9 Å². The minimum Gasteiger partial charge on any atom is -0.357 e. The van der Waals surface area contributed by atoms with Crippen molar-refractivity contribution in [3.8, 4) is 5.69 Å². The van der Waals surface area contributed by atoms with Gasteiger partial charge in [-0.3, -0.25) is 9.79 Å². The van der Waals surface area contributed by atoms with Crippen LogP contribution in [0.1, 0.15) is 28.4 Å². The summed E-state index contributed by atoms with van der Waals surface area (Å²) < 4.78 is 1.88. The van der Waals surface area contributed by atoms with Gasteiger partial charge in [0.15, 0.2) is 5.96 Å². The van der Waals surface area contributed by atoms with Crippen molar-refractivity contribution in [3.05, 3.63) is 83.7 Å². The molecule has 2 aromatic carbocycles. The van der Waals surface area contributed by atoms with Crippen LogP contribution in [-0.2, 0) is 13.0 Å². The smallest absolute Gasteiger partial charge is 0.253 e. The highest BCUT2D eigenvalue weighted by Gasteiger charge is 2.10. The zero-order valence-electron chi connectivity index (χ0n) is 19.7. The number of hydrogen-bond donors (Lipinski definition) is 1. The van der Waals surface area contributed by atoms with Gasteiger partial charge in [0.1, 0.15) is 0 Å². The molecule has 0 saturated carbocycles. The Balaban J connectivity index is 0.00000385. The Morgan fingerprint density at radius 2 is 1.82 bits per heavy atom. The molecule has 1 N–H and O–H groups in total. The molecule has 3 aromatic rings. The zero-order chi connectivity index (χ0) is 22.9. The van der Waals surface area contributed by atoms with Gasteiger partial charge >= 0.3 is 0 Å². The quantitative estimate of drug-likeness (QED) is 0.259. The second-order valence-electron chi connectivity index (χ2n) is 7.87. The lowest BCUT2D eigenvalue weighted by Gasteiger charge is -2.21. The lowest BCUT2D eigenvalue weighted by atomic mass is 10.1. The second-order valence-corrected chi connectivity index (χ2v) is 7.87. The van der Waals surface area contributed by atoms with Crippen molar-refractivity contribution >= 4 is 35.8 Å². The number of aromatic nitrogens is 2. The molecule has 0 unspecified atom stereocenters. The molecular weight excluding hydrogens is 527 g/mol. The number of carbonyl (C=O) groups is 1. The Morgan fingerprint density at radius 1 is 1.06 bits per heavy atom. The van der Waals surface area contributed by atoms with Crippen molar-refractivity contribution in [1.29, 1.82) is 0 Å². The molecule has 0 fully saturated rings. The summed E-state index contributed by atoms with van der Waals surface area (Å²) in [5, 5.41) is 7.84. The fourth-order valence-electron chi connectivity index (χ4n) is 3.39. The summed E-state index contributed by atoms with van der Waals surface area (Å²) >= 11 is 0. The fourth-order valence-corrected chi connectivity index (χ4v) is 3.39. The molecule has 0 radical (unpaired) electrons. The topological polar surface area (TPSA) is 65.8 Å². The number of amides is 1. The molecule has 0 spiro atoms. The number of halogens is 1. The molecule has 0 aliphatic heterocycles. The number of nitrogens with zero attached hydrogens (tertiary/aromatic N) is 5. The SMILES string of the molecule is CCNC(=NCCc1cccc(C(=O)N(C)C)c1)N(C)Cc1cnn(-c2ccccc2)c1.I. The minimum absolute atomic E-state index is 0. The van der Waals surface area contributed by atoms with E-state index in [0.717, 1.165) is 35.7 Å². The number of benzene rings is 2. The standard InChI is InChI=1S/C25H32N6O.HI/c1-5-26-25(27-15-14-20-10-9-11-22(16-20)24(32)29(2)3)30(4)18-21-17-28-31(19-21)23-12-7-6-8-13-23;/h6-13,16-17,19H,5,14-15,18H2,1-4H3,(H,26,27);1H. The number of nitrogens with one attached hydrogen (secondary N) is 1. The van der Waals surface area contributed by atoms with Gasteiger partial charge in [-0.25, -0.2) is 4.68 Å². The Hall–Kier alpha value is -2.88. The van der Waals surface area contributed by atoms with E-state index in [0.29, 0.717) is 18.7 Å². The lowest BCUT2D eigenvalue weighted by molar-refractivity contribution is 0.0827. The first-order chi connectivity index (χ1) is 15.5. The summed E-state index contributed by atoms with van der Waals surface area (Å²) in [5.41, 5.74) is 3.95. The van der Waals surface area contributed by atoms with E-state index in [1.54, 1.807) is 19.0 Å². The molecule has 0 saturated heterocycles. The summed E-state index contributed by atoms with van der Waals surface area (Å²) in [6, 6.07) is 17.8.